The maximum atomic E-state index is 11.4. The van der Waals surface area contributed by atoms with Crippen LogP contribution in [0.4, 0.5) is 11.4 Å². The zero-order chi connectivity index (χ0) is 13.0. The summed E-state index contributed by atoms with van der Waals surface area (Å²) in [6, 6.07) is 2.31. The molecule has 0 unspecified atom stereocenters. The third-order valence-electron chi connectivity index (χ3n) is 1.80. The number of carbonyl (C=O) groups excluding carboxylic acids is 1. The minimum absolute atomic E-state index is 0.0403. The highest BCUT2D eigenvalue weighted by Gasteiger charge is 2.20. The van der Waals surface area contributed by atoms with Crippen LogP contribution in [0.5, 0.6) is 0 Å². The van der Waals surface area contributed by atoms with Gasteiger partial charge in [-0.3, -0.25) is 15.0 Å². The molecule has 0 heterocycles. The smallest absolute Gasteiger partial charge is 0.359 e. The molecular formula is C9H6BrN3O4. The molecule has 0 saturated carbocycles. The number of hydrogen-bond donors (Lipinski definition) is 1. The van der Waals surface area contributed by atoms with Crippen molar-refractivity contribution in [2.45, 2.75) is 0 Å². The Hall–Kier alpha value is -2.14. The van der Waals surface area contributed by atoms with Gasteiger partial charge >= 0.3 is 12.7 Å². The van der Waals surface area contributed by atoms with Gasteiger partial charge in [0.15, 0.2) is 0 Å². The first kappa shape index (κ1) is 12.9. The van der Waals surface area contributed by atoms with Crippen LogP contribution in [-0.4, -0.2) is 17.6 Å². The van der Waals surface area contributed by atoms with Crippen LogP contribution in [0.1, 0.15) is 10.4 Å². The van der Waals surface area contributed by atoms with Crippen molar-refractivity contribution in [1.82, 2.24) is 0 Å². The van der Waals surface area contributed by atoms with Crippen molar-refractivity contribution in [3.8, 4) is 0 Å². The predicted molar refractivity (Wildman–Crippen MR) is 62.1 cm³/mol. The van der Waals surface area contributed by atoms with E-state index in [2.05, 4.69) is 25.5 Å². The molecule has 0 fully saturated rings. The Morgan fingerprint density at radius 1 is 1.65 bits per heavy atom. The van der Waals surface area contributed by atoms with E-state index >= 15 is 0 Å². The number of rotatable bonds is 3. The Bertz CT molecular complexity index is 524. The van der Waals surface area contributed by atoms with Gasteiger partial charge in [-0.05, 0) is 22.0 Å². The number of nitrogens with zero attached hydrogens (tertiary/aromatic N) is 2. The van der Waals surface area contributed by atoms with Gasteiger partial charge in [0.2, 0.25) is 0 Å². The van der Waals surface area contributed by atoms with Gasteiger partial charge in [0, 0.05) is 10.5 Å². The van der Waals surface area contributed by atoms with E-state index in [0.29, 0.717) is 0 Å². The summed E-state index contributed by atoms with van der Waals surface area (Å²) in [4.78, 5) is 24.2. The Kier molecular flexibility index (Phi) is 4.01. The molecule has 0 aliphatic carbocycles. The summed E-state index contributed by atoms with van der Waals surface area (Å²) in [5.74, 6) is -0.815. The van der Waals surface area contributed by atoms with Gasteiger partial charge < -0.3 is 10.5 Å². The molecule has 1 rings (SSSR count). The van der Waals surface area contributed by atoms with Gasteiger partial charge in [0.25, 0.3) is 5.69 Å². The van der Waals surface area contributed by atoms with Gasteiger partial charge in [-0.15, -0.1) is 0 Å². The van der Waals surface area contributed by atoms with E-state index in [4.69, 9.17) is 12.3 Å². The number of benzene rings is 1. The Morgan fingerprint density at radius 2 is 2.29 bits per heavy atom. The summed E-state index contributed by atoms with van der Waals surface area (Å²) in [7, 11) is 0. The molecule has 1 aromatic rings. The van der Waals surface area contributed by atoms with Crippen LogP contribution in [0, 0.1) is 16.7 Å². The van der Waals surface area contributed by atoms with E-state index in [9.17, 15) is 14.9 Å². The topological polar surface area (TPSA) is 99.8 Å². The quantitative estimate of drug-likeness (QED) is 0.302. The molecule has 7 nitrogen and oxygen atoms in total. The number of nitrogens with two attached hydrogens (primary N) is 1. The second-order valence-electron chi connectivity index (χ2n) is 2.87. The predicted octanol–water partition coefficient (Wildman–Crippen LogP) is 1.97. The van der Waals surface area contributed by atoms with Crippen molar-refractivity contribution >= 4 is 33.3 Å². The van der Waals surface area contributed by atoms with Gasteiger partial charge in [-0.25, -0.2) is 11.4 Å². The van der Waals surface area contributed by atoms with E-state index in [1.807, 2.05) is 0 Å². The van der Waals surface area contributed by atoms with E-state index in [1.54, 1.807) is 0 Å². The first-order chi connectivity index (χ1) is 7.97. The highest BCUT2D eigenvalue weighted by Crippen LogP contribution is 2.31. The van der Waals surface area contributed by atoms with Crippen LogP contribution in [0.2, 0.25) is 0 Å². The van der Waals surface area contributed by atoms with E-state index < -0.39 is 23.3 Å². The van der Waals surface area contributed by atoms with E-state index in [1.165, 1.54) is 6.07 Å². The monoisotopic (exact) mass is 299 g/mol. The molecule has 0 atom stereocenters. The number of nitro benzene ring substituents is 1. The maximum Gasteiger partial charge on any atom is 0.359 e. The molecule has 88 valence electrons. The van der Waals surface area contributed by atoms with Crippen LogP contribution >= 0.6 is 15.9 Å². The lowest BCUT2D eigenvalue weighted by Crippen LogP contribution is -2.07. The molecule has 2 N–H and O–H groups in total. The number of halogens is 1. The largest absolute Gasteiger partial charge is 0.392 e. The molecular weight excluding hydrogens is 294 g/mol. The fraction of sp³-hybridized carbons (Fsp3) is 0.111. The summed E-state index contributed by atoms with van der Waals surface area (Å²) < 4.78 is 4.75. The highest BCUT2D eigenvalue weighted by molar-refractivity contribution is 9.10. The number of esters is 1. The van der Waals surface area contributed by atoms with Crippen molar-refractivity contribution in [2.75, 3.05) is 12.5 Å². The first-order valence-electron chi connectivity index (χ1n) is 4.21. The Balaban J connectivity index is 3.15. The molecule has 17 heavy (non-hydrogen) atoms. The SMILES string of the molecule is [C-]#[N+]COC(=O)c1cc(Br)c(N)c([N+](=O)[O-])c1. The number of ether oxygens (including phenoxy) is 1. The molecule has 1 aromatic carbocycles. The lowest BCUT2D eigenvalue weighted by molar-refractivity contribution is -0.384. The average Bonchev–Trinajstić information content (AvgIpc) is 2.28. The van der Waals surface area contributed by atoms with Crippen molar-refractivity contribution in [1.29, 1.82) is 0 Å². The minimum Gasteiger partial charge on any atom is -0.392 e. The van der Waals surface area contributed by atoms with Crippen molar-refractivity contribution in [3.05, 3.63) is 43.7 Å². The third-order valence-corrected chi connectivity index (χ3v) is 2.46. The summed E-state index contributed by atoms with van der Waals surface area (Å²) in [6.07, 6.45) is 0. The lowest BCUT2D eigenvalue weighted by Gasteiger charge is -2.03. The van der Waals surface area contributed by atoms with E-state index in [-0.39, 0.29) is 15.7 Å². The standard InChI is InChI=1S/C9H6BrN3O4/c1-12-4-17-9(14)5-2-6(10)8(11)7(3-5)13(15)16/h2-3H,4,11H2. The molecule has 0 bridgehead atoms. The summed E-state index contributed by atoms with van der Waals surface area (Å²) in [5.41, 5.74) is 4.96. The van der Waals surface area contributed by atoms with Crippen LogP contribution in [0.3, 0.4) is 0 Å². The molecule has 0 aliphatic heterocycles. The molecule has 0 aromatic heterocycles. The normalized spacial score (nSPS) is 9.41. The van der Waals surface area contributed by atoms with Crippen molar-refractivity contribution in [3.63, 3.8) is 0 Å². The third kappa shape index (κ3) is 2.92. The van der Waals surface area contributed by atoms with Gasteiger partial charge in [0.05, 0.1) is 10.5 Å². The zero-order valence-electron chi connectivity index (χ0n) is 8.34. The van der Waals surface area contributed by atoms with Crippen LogP contribution < -0.4 is 5.73 Å². The Morgan fingerprint density at radius 3 is 2.82 bits per heavy atom. The van der Waals surface area contributed by atoms with Crippen LogP contribution in [0.25, 0.3) is 4.85 Å². The molecule has 8 heteroatoms. The van der Waals surface area contributed by atoms with Crippen LogP contribution in [0.15, 0.2) is 16.6 Å². The highest BCUT2D eigenvalue weighted by atomic mass is 79.9. The lowest BCUT2D eigenvalue weighted by atomic mass is 10.2. The molecule has 0 amide bonds. The maximum absolute atomic E-state index is 11.4. The molecule has 0 aliphatic rings. The molecule has 0 radical (unpaired) electrons. The number of nitro groups is 1. The van der Waals surface area contributed by atoms with Gasteiger partial charge in [0.1, 0.15) is 5.69 Å². The first-order valence-corrected chi connectivity index (χ1v) is 5.00. The second kappa shape index (κ2) is 5.27. The average molecular weight is 300 g/mol. The second-order valence-corrected chi connectivity index (χ2v) is 3.72. The fourth-order valence-corrected chi connectivity index (χ4v) is 1.50. The van der Waals surface area contributed by atoms with Gasteiger partial charge in [-0.2, -0.15) is 0 Å². The zero-order valence-corrected chi connectivity index (χ0v) is 9.93. The van der Waals surface area contributed by atoms with Crippen LogP contribution in [-0.2, 0) is 4.74 Å². The summed E-state index contributed by atoms with van der Waals surface area (Å²) >= 11 is 3.00. The van der Waals surface area contributed by atoms with Gasteiger partial charge in [-0.1, -0.05) is 0 Å². The molecule has 0 saturated heterocycles. The summed E-state index contributed by atoms with van der Waals surface area (Å²) in [5, 5.41) is 10.7. The fourth-order valence-electron chi connectivity index (χ4n) is 1.05. The Labute approximate surface area is 104 Å². The van der Waals surface area contributed by atoms with Crippen molar-refractivity contribution < 1.29 is 14.5 Å². The molecule has 0 spiro atoms. The van der Waals surface area contributed by atoms with Crippen molar-refractivity contribution in [2.24, 2.45) is 0 Å². The number of carbonyl (C=O) groups is 1. The summed E-state index contributed by atoms with van der Waals surface area (Å²) in [6.45, 7) is 6.02. The minimum atomic E-state index is -0.815. The number of hydrogen-bond acceptors (Lipinski definition) is 5. The van der Waals surface area contributed by atoms with E-state index in [0.717, 1.165) is 6.07 Å². The number of anilines is 1. The number of nitrogen functional groups attached to an aromatic ring is 1.